The predicted octanol–water partition coefficient (Wildman–Crippen LogP) is 3.79. The van der Waals surface area contributed by atoms with Crippen LogP contribution in [-0.4, -0.2) is 41.2 Å². The van der Waals surface area contributed by atoms with Crippen LogP contribution in [0.1, 0.15) is 57.6 Å². The van der Waals surface area contributed by atoms with Crippen molar-refractivity contribution in [3.05, 3.63) is 42.0 Å². The number of amides is 1. The molecule has 1 aliphatic heterocycles. The Balaban J connectivity index is 1.36. The Morgan fingerprint density at radius 3 is 2.58 bits per heavy atom. The van der Waals surface area contributed by atoms with Crippen LogP contribution in [0.15, 0.2) is 30.6 Å². The van der Waals surface area contributed by atoms with Gasteiger partial charge in [0.05, 0.1) is 12.6 Å². The standard InChI is InChI=1S/C23H29FN4O3/c1-15(27-16(2)29)17-7-9-19(10-8-17)30-20-11-12-28(13-20)22-21(24)23(26-14-25-22)31-18-5-3-4-6-18/h7-10,14-15,18,20H,3-6,11-13H2,1-2H3,(H,27,29)/t15-,20+/m0/s1. The Bertz CT molecular complexity index is 902. The Labute approximate surface area is 182 Å². The quantitative estimate of drug-likeness (QED) is 0.723. The molecule has 1 N–H and O–H groups in total. The summed E-state index contributed by atoms with van der Waals surface area (Å²) in [5.74, 6) is 0.511. The smallest absolute Gasteiger partial charge is 0.256 e. The molecule has 4 rings (SSSR count). The summed E-state index contributed by atoms with van der Waals surface area (Å²) >= 11 is 0. The first-order valence-electron chi connectivity index (χ1n) is 11.0. The summed E-state index contributed by atoms with van der Waals surface area (Å²) < 4.78 is 26.8. The molecule has 2 atom stereocenters. The number of ether oxygens (including phenoxy) is 2. The molecule has 2 aromatic rings. The van der Waals surface area contributed by atoms with Gasteiger partial charge in [-0.05, 0) is 50.3 Å². The van der Waals surface area contributed by atoms with E-state index in [1.807, 2.05) is 36.1 Å². The van der Waals surface area contributed by atoms with Gasteiger partial charge >= 0.3 is 0 Å². The van der Waals surface area contributed by atoms with Crippen LogP contribution in [0.5, 0.6) is 11.6 Å². The molecular weight excluding hydrogens is 399 g/mol. The van der Waals surface area contributed by atoms with E-state index in [2.05, 4.69) is 15.3 Å². The number of carbonyl (C=O) groups is 1. The van der Waals surface area contributed by atoms with Crippen LogP contribution in [0.2, 0.25) is 0 Å². The summed E-state index contributed by atoms with van der Waals surface area (Å²) in [4.78, 5) is 21.3. The lowest BCUT2D eigenvalue weighted by Gasteiger charge is -2.20. The average molecular weight is 429 g/mol. The lowest BCUT2D eigenvalue weighted by molar-refractivity contribution is -0.119. The zero-order valence-corrected chi connectivity index (χ0v) is 18.0. The minimum absolute atomic E-state index is 0.0447. The Morgan fingerprint density at radius 1 is 1.13 bits per heavy atom. The van der Waals surface area contributed by atoms with Gasteiger partial charge in [-0.25, -0.2) is 4.98 Å². The van der Waals surface area contributed by atoms with Crippen LogP contribution in [-0.2, 0) is 4.79 Å². The van der Waals surface area contributed by atoms with E-state index in [1.165, 1.54) is 13.3 Å². The molecule has 31 heavy (non-hydrogen) atoms. The highest BCUT2D eigenvalue weighted by Gasteiger charge is 2.29. The zero-order valence-electron chi connectivity index (χ0n) is 18.0. The van der Waals surface area contributed by atoms with Gasteiger partial charge in [-0.1, -0.05) is 12.1 Å². The molecule has 1 saturated heterocycles. The van der Waals surface area contributed by atoms with E-state index < -0.39 is 5.82 Å². The van der Waals surface area contributed by atoms with Crippen molar-refractivity contribution in [1.82, 2.24) is 15.3 Å². The number of carbonyl (C=O) groups excluding carboxylic acids is 1. The maximum absolute atomic E-state index is 15.0. The third-order valence-corrected chi connectivity index (χ3v) is 5.87. The Hall–Kier alpha value is -2.90. The van der Waals surface area contributed by atoms with Gasteiger partial charge in [-0.2, -0.15) is 9.37 Å². The molecule has 0 spiro atoms. The number of rotatable bonds is 7. The number of hydrogen-bond acceptors (Lipinski definition) is 6. The van der Waals surface area contributed by atoms with E-state index in [0.717, 1.165) is 43.4 Å². The Kier molecular flexibility index (Phi) is 6.53. The molecule has 2 aliphatic rings. The molecule has 1 saturated carbocycles. The van der Waals surface area contributed by atoms with Crippen LogP contribution >= 0.6 is 0 Å². The summed E-state index contributed by atoms with van der Waals surface area (Å²) in [6.07, 6.45) is 6.24. The minimum atomic E-state index is -0.494. The number of anilines is 1. The van der Waals surface area contributed by atoms with Crippen molar-refractivity contribution in [2.45, 2.75) is 64.2 Å². The maximum atomic E-state index is 15.0. The van der Waals surface area contributed by atoms with E-state index in [-0.39, 0.29) is 35.9 Å². The summed E-state index contributed by atoms with van der Waals surface area (Å²) in [5, 5.41) is 2.86. The van der Waals surface area contributed by atoms with E-state index in [4.69, 9.17) is 9.47 Å². The third-order valence-electron chi connectivity index (χ3n) is 5.87. The number of nitrogens with zero attached hydrogens (tertiary/aromatic N) is 3. The van der Waals surface area contributed by atoms with Crippen molar-refractivity contribution < 1.29 is 18.7 Å². The largest absolute Gasteiger partial charge is 0.489 e. The molecule has 7 nitrogen and oxygen atoms in total. The molecule has 0 radical (unpaired) electrons. The molecule has 1 aliphatic carbocycles. The first-order chi connectivity index (χ1) is 15.0. The minimum Gasteiger partial charge on any atom is -0.489 e. The van der Waals surface area contributed by atoms with Crippen LogP contribution in [0, 0.1) is 5.82 Å². The first kappa shape index (κ1) is 21.3. The summed E-state index contributed by atoms with van der Waals surface area (Å²) in [6, 6.07) is 7.62. The van der Waals surface area contributed by atoms with Gasteiger partial charge in [0.1, 0.15) is 24.3 Å². The van der Waals surface area contributed by atoms with Crippen LogP contribution in [0.4, 0.5) is 10.2 Å². The number of halogens is 1. The molecule has 166 valence electrons. The topological polar surface area (TPSA) is 76.6 Å². The van der Waals surface area contributed by atoms with Crippen LogP contribution in [0.25, 0.3) is 0 Å². The predicted molar refractivity (Wildman–Crippen MR) is 115 cm³/mol. The van der Waals surface area contributed by atoms with Crippen molar-refractivity contribution in [2.75, 3.05) is 18.0 Å². The molecular formula is C23H29FN4O3. The van der Waals surface area contributed by atoms with Gasteiger partial charge < -0.3 is 19.7 Å². The highest BCUT2D eigenvalue weighted by Crippen LogP contribution is 2.30. The number of aromatic nitrogens is 2. The number of hydrogen-bond donors (Lipinski definition) is 1. The molecule has 1 aromatic carbocycles. The van der Waals surface area contributed by atoms with Gasteiger partial charge in [0.2, 0.25) is 11.7 Å². The van der Waals surface area contributed by atoms with Crippen LogP contribution in [0.3, 0.4) is 0 Å². The third kappa shape index (κ3) is 5.24. The summed E-state index contributed by atoms with van der Waals surface area (Å²) in [7, 11) is 0. The lowest BCUT2D eigenvalue weighted by Crippen LogP contribution is -2.26. The zero-order chi connectivity index (χ0) is 21.8. The fourth-order valence-electron chi connectivity index (χ4n) is 4.24. The lowest BCUT2D eigenvalue weighted by atomic mass is 10.1. The van der Waals surface area contributed by atoms with Crippen molar-refractivity contribution in [3.63, 3.8) is 0 Å². The average Bonchev–Trinajstić information content (AvgIpc) is 3.42. The van der Waals surface area contributed by atoms with E-state index in [9.17, 15) is 9.18 Å². The molecule has 0 bridgehead atoms. The van der Waals surface area contributed by atoms with Crippen molar-refractivity contribution in [3.8, 4) is 11.6 Å². The van der Waals surface area contributed by atoms with Crippen LogP contribution < -0.4 is 19.7 Å². The first-order valence-corrected chi connectivity index (χ1v) is 11.0. The second kappa shape index (κ2) is 9.49. The summed E-state index contributed by atoms with van der Waals surface area (Å²) in [6.45, 7) is 4.64. The Morgan fingerprint density at radius 2 is 1.87 bits per heavy atom. The van der Waals surface area contributed by atoms with Gasteiger partial charge in [0.15, 0.2) is 5.82 Å². The fourth-order valence-corrected chi connectivity index (χ4v) is 4.24. The molecule has 8 heteroatoms. The highest BCUT2D eigenvalue weighted by atomic mass is 19.1. The molecule has 1 aromatic heterocycles. The monoisotopic (exact) mass is 428 g/mol. The fraction of sp³-hybridized carbons (Fsp3) is 0.522. The van der Waals surface area contributed by atoms with Crippen molar-refractivity contribution >= 4 is 11.7 Å². The van der Waals surface area contributed by atoms with E-state index in [1.54, 1.807) is 0 Å². The van der Waals surface area contributed by atoms with Gasteiger partial charge in [0.25, 0.3) is 5.88 Å². The number of nitrogens with one attached hydrogen (secondary N) is 1. The second-order valence-corrected chi connectivity index (χ2v) is 8.31. The molecule has 0 unspecified atom stereocenters. The molecule has 1 amide bonds. The number of benzene rings is 1. The maximum Gasteiger partial charge on any atom is 0.256 e. The van der Waals surface area contributed by atoms with Crippen molar-refractivity contribution in [2.24, 2.45) is 0 Å². The van der Waals surface area contributed by atoms with Gasteiger partial charge in [0, 0.05) is 19.9 Å². The van der Waals surface area contributed by atoms with Crippen molar-refractivity contribution in [1.29, 1.82) is 0 Å². The highest BCUT2D eigenvalue weighted by molar-refractivity contribution is 5.73. The summed E-state index contributed by atoms with van der Waals surface area (Å²) in [5.41, 5.74) is 1.01. The SMILES string of the molecule is CC(=O)N[C@@H](C)c1ccc(O[C@@H]2CCN(c3ncnc(OC4CCCC4)c3F)C2)cc1. The van der Waals surface area contributed by atoms with E-state index >= 15 is 0 Å². The molecule has 2 heterocycles. The van der Waals surface area contributed by atoms with E-state index in [0.29, 0.717) is 13.1 Å². The van der Waals surface area contributed by atoms with Gasteiger partial charge in [-0.3, -0.25) is 4.79 Å². The normalized spacial score (nSPS) is 20.0. The molecule has 2 fully saturated rings. The van der Waals surface area contributed by atoms with Gasteiger partial charge in [-0.15, -0.1) is 0 Å². The second-order valence-electron chi connectivity index (χ2n) is 8.31.